The molecule has 0 saturated heterocycles. The molecule has 0 aliphatic heterocycles. The number of hydrogen-bond acceptors (Lipinski definition) is 0. The average molecular weight is 147 g/mol. The molecule has 0 aromatic heterocycles. The third kappa shape index (κ3) is 8.03. The summed E-state index contributed by atoms with van der Waals surface area (Å²) in [7, 11) is 0. The van der Waals surface area contributed by atoms with Gasteiger partial charge in [-0.25, -0.2) is 0 Å². The summed E-state index contributed by atoms with van der Waals surface area (Å²) >= 11 is 5.49. The second-order valence-electron chi connectivity index (χ2n) is 2.06. The number of unbranched alkanes of at least 4 members (excludes halogenated alkanes) is 2. The molecule has 0 aliphatic rings. The predicted molar refractivity (Wildman–Crippen MR) is 44.0 cm³/mol. The zero-order valence-corrected chi connectivity index (χ0v) is 6.82. The van der Waals surface area contributed by atoms with E-state index in [-0.39, 0.29) is 0 Å². The molecule has 0 fully saturated rings. The minimum Gasteiger partial charge on any atom is -0.127 e. The number of allylic oxidation sites excluding steroid dienone is 2. The molecule has 0 bridgehead atoms. The standard InChI is InChI=1S/C8H15Cl/c1-2-3-4-5-6-7-8-9/h3-4H,2,5-8H2,1H3/b4-3-. The Bertz CT molecular complexity index is 67.0. The van der Waals surface area contributed by atoms with Gasteiger partial charge in [-0.15, -0.1) is 11.6 Å². The van der Waals surface area contributed by atoms with E-state index in [1.54, 1.807) is 0 Å². The second-order valence-corrected chi connectivity index (χ2v) is 2.44. The van der Waals surface area contributed by atoms with Crippen molar-refractivity contribution in [1.29, 1.82) is 0 Å². The molecule has 0 aromatic rings. The van der Waals surface area contributed by atoms with Gasteiger partial charge in [-0.2, -0.15) is 0 Å². The highest BCUT2D eigenvalue weighted by molar-refractivity contribution is 6.17. The van der Waals surface area contributed by atoms with Crippen molar-refractivity contribution in [3.05, 3.63) is 12.2 Å². The lowest BCUT2D eigenvalue weighted by Gasteiger charge is -1.88. The van der Waals surface area contributed by atoms with E-state index in [9.17, 15) is 0 Å². The maximum absolute atomic E-state index is 5.49. The molecule has 1 heteroatoms. The Morgan fingerprint density at radius 2 is 2.00 bits per heavy atom. The van der Waals surface area contributed by atoms with E-state index in [4.69, 9.17) is 11.6 Å². The van der Waals surface area contributed by atoms with Crippen molar-refractivity contribution >= 4 is 11.6 Å². The van der Waals surface area contributed by atoms with Gasteiger partial charge in [-0.05, 0) is 25.7 Å². The molecule has 0 nitrogen and oxygen atoms in total. The smallest absolute Gasteiger partial charge is 0.0223 e. The van der Waals surface area contributed by atoms with Crippen molar-refractivity contribution in [3.63, 3.8) is 0 Å². The molecule has 0 aliphatic carbocycles. The largest absolute Gasteiger partial charge is 0.127 e. The minimum absolute atomic E-state index is 0.806. The summed E-state index contributed by atoms with van der Waals surface area (Å²) in [6, 6.07) is 0. The fraction of sp³-hybridized carbons (Fsp3) is 0.750. The van der Waals surface area contributed by atoms with Gasteiger partial charge in [0.1, 0.15) is 0 Å². The summed E-state index contributed by atoms with van der Waals surface area (Å²) in [5.74, 6) is 0.806. The van der Waals surface area contributed by atoms with Crippen molar-refractivity contribution in [1.82, 2.24) is 0 Å². The lowest BCUT2D eigenvalue weighted by Crippen LogP contribution is -1.73. The van der Waals surface area contributed by atoms with Crippen molar-refractivity contribution in [2.75, 3.05) is 5.88 Å². The van der Waals surface area contributed by atoms with Gasteiger partial charge in [0.05, 0.1) is 0 Å². The fourth-order valence-corrected chi connectivity index (χ4v) is 0.830. The van der Waals surface area contributed by atoms with E-state index in [1.165, 1.54) is 12.8 Å². The number of alkyl halides is 1. The first kappa shape index (κ1) is 9.03. The van der Waals surface area contributed by atoms with Crippen LogP contribution in [0.15, 0.2) is 12.2 Å². The molecule has 0 heterocycles. The Balaban J connectivity index is 2.82. The van der Waals surface area contributed by atoms with Crippen LogP contribution in [-0.4, -0.2) is 5.88 Å². The summed E-state index contributed by atoms with van der Waals surface area (Å²) in [4.78, 5) is 0. The first-order valence-electron chi connectivity index (χ1n) is 3.62. The topological polar surface area (TPSA) is 0 Å². The van der Waals surface area contributed by atoms with Crippen LogP contribution >= 0.6 is 11.6 Å². The molecular formula is C8H15Cl. The van der Waals surface area contributed by atoms with Crippen molar-refractivity contribution in [3.8, 4) is 0 Å². The Hall–Kier alpha value is 0.0300. The second kappa shape index (κ2) is 8.03. The molecule has 0 atom stereocenters. The maximum Gasteiger partial charge on any atom is 0.0223 e. The minimum atomic E-state index is 0.806. The molecule has 0 unspecified atom stereocenters. The maximum atomic E-state index is 5.49. The van der Waals surface area contributed by atoms with E-state index in [2.05, 4.69) is 19.1 Å². The van der Waals surface area contributed by atoms with Crippen molar-refractivity contribution < 1.29 is 0 Å². The van der Waals surface area contributed by atoms with Crippen LogP contribution in [0.3, 0.4) is 0 Å². The number of rotatable bonds is 5. The molecular weight excluding hydrogens is 132 g/mol. The third-order valence-electron chi connectivity index (χ3n) is 1.16. The van der Waals surface area contributed by atoms with Gasteiger partial charge >= 0.3 is 0 Å². The lowest BCUT2D eigenvalue weighted by atomic mass is 10.2. The lowest BCUT2D eigenvalue weighted by molar-refractivity contribution is 0.818. The van der Waals surface area contributed by atoms with Crippen LogP contribution in [0.2, 0.25) is 0 Å². The molecule has 0 amide bonds. The van der Waals surface area contributed by atoms with Gasteiger partial charge in [0, 0.05) is 5.88 Å². The van der Waals surface area contributed by atoms with Crippen LogP contribution in [0, 0.1) is 0 Å². The molecule has 0 spiro atoms. The Morgan fingerprint density at radius 3 is 2.56 bits per heavy atom. The van der Waals surface area contributed by atoms with E-state index in [1.807, 2.05) is 0 Å². The zero-order valence-electron chi connectivity index (χ0n) is 6.07. The molecule has 0 N–H and O–H groups in total. The first-order valence-corrected chi connectivity index (χ1v) is 4.16. The number of halogens is 1. The molecule has 0 aromatic carbocycles. The average Bonchev–Trinajstić information content (AvgIpc) is 1.89. The normalized spacial score (nSPS) is 10.9. The van der Waals surface area contributed by atoms with E-state index >= 15 is 0 Å². The van der Waals surface area contributed by atoms with Crippen molar-refractivity contribution in [2.24, 2.45) is 0 Å². The van der Waals surface area contributed by atoms with E-state index < -0.39 is 0 Å². The first-order chi connectivity index (χ1) is 4.41. The number of hydrogen-bond donors (Lipinski definition) is 0. The van der Waals surface area contributed by atoms with Crippen LogP contribution in [0.4, 0.5) is 0 Å². The summed E-state index contributed by atoms with van der Waals surface area (Å²) in [6.07, 6.45) is 9.16. The quantitative estimate of drug-likeness (QED) is 0.317. The summed E-state index contributed by atoms with van der Waals surface area (Å²) in [5, 5.41) is 0. The Kier molecular flexibility index (Phi) is 8.06. The molecule has 54 valence electrons. The molecule has 9 heavy (non-hydrogen) atoms. The molecule has 0 radical (unpaired) electrons. The van der Waals surface area contributed by atoms with Gasteiger partial charge in [0.25, 0.3) is 0 Å². The van der Waals surface area contributed by atoms with Crippen molar-refractivity contribution in [2.45, 2.75) is 32.6 Å². The highest BCUT2D eigenvalue weighted by atomic mass is 35.5. The summed E-state index contributed by atoms with van der Waals surface area (Å²) < 4.78 is 0. The van der Waals surface area contributed by atoms with Crippen LogP contribution in [-0.2, 0) is 0 Å². The summed E-state index contributed by atoms with van der Waals surface area (Å²) in [5.41, 5.74) is 0. The molecule has 0 rings (SSSR count). The highest BCUT2D eigenvalue weighted by Gasteiger charge is 1.80. The Morgan fingerprint density at radius 1 is 1.22 bits per heavy atom. The van der Waals surface area contributed by atoms with Crippen LogP contribution in [0.5, 0.6) is 0 Å². The third-order valence-corrected chi connectivity index (χ3v) is 1.42. The zero-order chi connectivity index (χ0) is 6.95. The van der Waals surface area contributed by atoms with Gasteiger partial charge < -0.3 is 0 Å². The van der Waals surface area contributed by atoms with Gasteiger partial charge in [-0.3, -0.25) is 0 Å². The van der Waals surface area contributed by atoms with Crippen LogP contribution in [0.25, 0.3) is 0 Å². The highest BCUT2D eigenvalue weighted by Crippen LogP contribution is 1.98. The predicted octanol–water partition coefficient (Wildman–Crippen LogP) is 3.36. The van der Waals surface area contributed by atoms with E-state index in [0.29, 0.717) is 0 Å². The van der Waals surface area contributed by atoms with Gasteiger partial charge in [0.15, 0.2) is 0 Å². The monoisotopic (exact) mass is 146 g/mol. The molecule has 0 saturated carbocycles. The van der Waals surface area contributed by atoms with Gasteiger partial charge in [-0.1, -0.05) is 19.1 Å². The fourth-order valence-electron chi connectivity index (χ4n) is 0.641. The summed E-state index contributed by atoms with van der Waals surface area (Å²) in [6.45, 7) is 2.15. The van der Waals surface area contributed by atoms with Crippen LogP contribution < -0.4 is 0 Å². The SMILES string of the molecule is CC/C=C\CCCCCl. The van der Waals surface area contributed by atoms with Crippen LogP contribution in [0.1, 0.15) is 32.6 Å². The Labute approximate surface area is 62.9 Å². The van der Waals surface area contributed by atoms with Gasteiger partial charge in [0.2, 0.25) is 0 Å². The van der Waals surface area contributed by atoms with E-state index in [0.717, 1.165) is 18.7 Å².